The molecule has 0 aliphatic heterocycles. The van der Waals surface area contributed by atoms with Gasteiger partial charge in [-0.3, -0.25) is 4.79 Å². The number of benzene rings is 2. The zero-order chi connectivity index (χ0) is 13.0. The minimum Gasteiger partial charge on any atom is -0.324 e. The van der Waals surface area contributed by atoms with Crippen LogP contribution in [0.2, 0.25) is 0 Å². The molecule has 0 aliphatic carbocycles. The lowest BCUT2D eigenvalue weighted by atomic mass is 10.1. The summed E-state index contributed by atoms with van der Waals surface area (Å²) < 4.78 is 12.7. The highest BCUT2D eigenvalue weighted by atomic mass is 19.1. The molecule has 1 unspecified atom stereocenters. The molecular formula is C14H13FN2O. The van der Waals surface area contributed by atoms with Crippen molar-refractivity contribution in [1.29, 1.82) is 0 Å². The van der Waals surface area contributed by atoms with Crippen molar-refractivity contribution in [1.82, 2.24) is 0 Å². The second kappa shape index (κ2) is 5.42. The average molecular weight is 244 g/mol. The number of nitrogens with one attached hydrogen (secondary N) is 1. The van der Waals surface area contributed by atoms with Crippen LogP contribution in [-0.4, -0.2) is 5.91 Å². The Balaban J connectivity index is 2.06. The molecule has 0 fully saturated rings. The standard InChI is InChI=1S/C14H13FN2O/c15-11-6-8-12(9-7-11)17-14(18)13(16)10-4-2-1-3-5-10/h1-9,13H,16H2,(H,17,18). The Morgan fingerprint density at radius 3 is 2.28 bits per heavy atom. The first-order valence-corrected chi connectivity index (χ1v) is 5.54. The molecule has 2 aromatic rings. The molecular weight excluding hydrogens is 231 g/mol. The Hall–Kier alpha value is -2.20. The highest BCUT2D eigenvalue weighted by Gasteiger charge is 2.15. The minimum absolute atomic E-state index is 0.326. The molecule has 0 heterocycles. The smallest absolute Gasteiger partial charge is 0.245 e. The fourth-order valence-electron chi connectivity index (χ4n) is 1.56. The van der Waals surface area contributed by atoms with E-state index in [-0.39, 0.29) is 11.7 Å². The Labute approximate surface area is 104 Å². The van der Waals surface area contributed by atoms with Crippen molar-refractivity contribution in [2.75, 3.05) is 5.32 Å². The van der Waals surface area contributed by atoms with E-state index in [1.807, 2.05) is 18.2 Å². The summed E-state index contributed by atoms with van der Waals surface area (Å²) in [5.74, 6) is -0.673. The summed E-state index contributed by atoms with van der Waals surface area (Å²) in [7, 11) is 0. The molecule has 18 heavy (non-hydrogen) atoms. The molecule has 2 aromatic carbocycles. The number of carbonyl (C=O) groups is 1. The van der Waals surface area contributed by atoms with Gasteiger partial charge in [-0.2, -0.15) is 0 Å². The van der Waals surface area contributed by atoms with Crippen molar-refractivity contribution in [3.63, 3.8) is 0 Å². The van der Waals surface area contributed by atoms with E-state index in [4.69, 9.17) is 5.73 Å². The molecule has 0 saturated heterocycles. The molecule has 4 heteroatoms. The van der Waals surface area contributed by atoms with Gasteiger partial charge in [-0.15, -0.1) is 0 Å². The highest BCUT2D eigenvalue weighted by molar-refractivity contribution is 5.95. The lowest BCUT2D eigenvalue weighted by Crippen LogP contribution is -2.27. The zero-order valence-electron chi connectivity index (χ0n) is 9.64. The monoisotopic (exact) mass is 244 g/mol. The number of hydrogen-bond acceptors (Lipinski definition) is 2. The topological polar surface area (TPSA) is 55.1 Å². The maximum atomic E-state index is 12.7. The van der Waals surface area contributed by atoms with Crippen LogP contribution in [0.3, 0.4) is 0 Å². The molecule has 1 amide bonds. The fourth-order valence-corrected chi connectivity index (χ4v) is 1.56. The van der Waals surface area contributed by atoms with Gasteiger partial charge in [0.05, 0.1) is 0 Å². The van der Waals surface area contributed by atoms with E-state index in [2.05, 4.69) is 5.32 Å². The Morgan fingerprint density at radius 1 is 1.06 bits per heavy atom. The molecule has 3 nitrogen and oxygen atoms in total. The number of anilines is 1. The van der Waals surface area contributed by atoms with Gasteiger partial charge in [0.2, 0.25) is 5.91 Å². The number of nitrogens with two attached hydrogens (primary N) is 1. The van der Waals surface area contributed by atoms with Gasteiger partial charge in [0.15, 0.2) is 0 Å². The molecule has 0 aliphatic rings. The maximum absolute atomic E-state index is 12.7. The summed E-state index contributed by atoms with van der Waals surface area (Å²) in [6, 6.07) is 13.9. The van der Waals surface area contributed by atoms with Crippen LogP contribution in [0.25, 0.3) is 0 Å². The first kappa shape index (κ1) is 12.3. The van der Waals surface area contributed by atoms with Crippen LogP contribution in [-0.2, 0) is 4.79 Å². The number of halogens is 1. The quantitative estimate of drug-likeness (QED) is 0.871. The largest absolute Gasteiger partial charge is 0.324 e. The van der Waals surface area contributed by atoms with Crippen LogP contribution in [0.1, 0.15) is 11.6 Å². The van der Waals surface area contributed by atoms with Crippen LogP contribution >= 0.6 is 0 Å². The van der Waals surface area contributed by atoms with E-state index < -0.39 is 6.04 Å². The van der Waals surface area contributed by atoms with Crippen LogP contribution in [0.4, 0.5) is 10.1 Å². The highest BCUT2D eigenvalue weighted by Crippen LogP contribution is 2.14. The molecule has 0 radical (unpaired) electrons. The number of rotatable bonds is 3. The van der Waals surface area contributed by atoms with Crippen LogP contribution in [0.5, 0.6) is 0 Å². The molecule has 2 rings (SSSR count). The van der Waals surface area contributed by atoms with E-state index >= 15 is 0 Å². The lowest BCUT2D eigenvalue weighted by Gasteiger charge is -2.12. The van der Waals surface area contributed by atoms with Gasteiger partial charge >= 0.3 is 0 Å². The van der Waals surface area contributed by atoms with Crippen molar-refractivity contribution in [3.05, 3.63) is 66.0 Å². The fraction of sp³-hybridized carbons (Fsp3) is 0.0714. The van der Waals surface area contributed by atoms with Crippen molar-refractivity contribution < 1.29 is 9.18 Å². The Kier molecular flexibility index (Phi) is 3.69. The first-order valence-electron chi connectivity index (χ1n) is 5.54. The SMILES string of the molecule is NC(C(=O)Nc1ccc(F)cc1)c1ccccc1. The molecule has 92 valence electrons. The second-order valence-corrected chi connectivity index (χ2v) is 3.88. The first-order chi connectivity index (χ1) is 8.66. The summed E-state index contributed by atoms with van der Waals surface area (Å²) in [5, 5.41) is 2.64. The predicted molar refractivity (Wildman–Crippen MR) is 68.4 cm³/mol. The van der Waals surface area contributed by atoms with Gasteiger partial charge in [-0.1, -0.05) is 30.3 Å². The van der Waals surface area contributed by atoms with Gasteiger partial charge in [0.25, 0.3) is 0 Å². The molecule has 0 saturated carbocycles. The van der Waals surface area contributed by atoms with Crippen molar-refractivity contribution in [2.45, 2.75) is 6.04 Å². The van der Waals surface area contributed by atoms with E-state index in [1.165, 1.54) is 24.3 Å². The molecule has 1 atom stereocenters. The molecule has 0 spiro atoms. The van der Waals surface area contributed by atoms with E-state index in [1.54, 1.807) is 12.1 Å². The van der Waals surface area contributed by atoms with E-state index in [0.717, 1.165) is 5.56 Å². The van der Waals surface area contributed by atoms with Gasteiger partial charge < -0.3 is 11.1 Å². The van der Waals surface area contributed by atoms with Crippen molar-refractivity contribution in [3.8, 4) is 0 Å². The summed E-state index contributed by atoms with van der Waals surface area (Å²) >= 11 is 0. The normalized spacial score (nSPS) is 11.9. The lowest BCUT2D eigenvalue weighted by molar-refractivity contribution is -0.117. The second-order valence-electron chi connectivity index (χ2n) is 3.88. The van der Waals surface area contributed by atoms with Crippen LogP contribution in [0, 0.1) is 5.82 Å². The summed E-state index contributed by atoms with van der Waals surface area (Å²) in [6.45, 7) is 0. The maximum Gasteiger partial charge on any atom is 0.245 e. The minimum atomic E-state index is -0.740. The van der Waals surface area contributed by atoms with Gasteiger partial charge in [0, 0.05) is 5.69 Å². The number of hydrogen-bond donors (Lipinski definition) is 2. The number of amides is 1. The van der Waals surface area contributed by atoms with E-state index in [9.17, 15) is 9.18 Å². The summed E-state index contributed by atoms with van der Waals surface area (Å²) in [4.78, 5) is 11.9. The number of carbonyl (C=O) groups excluding carboxylic acids is 1. The third kappa shape index (κ3) is 2.93. The van der Waals surface area contributed by atoms with Gasteiger partial charge in [0.1, 0.15) is 11.9 Å². The van der Waals surface area contributed by atoms with E-state index in [0.29, 0.717) is 5.69 Å². The summed E-state index contributed by atoms with van der Waals surface area (Å²) in [6.07, 6.45) is 0. The Bertz CT molecular complexity index is 525. The van der Waals surface area contributed by atoms with Crippen LogP contribution in [0.15, 0.2) is 54.6 Å². The predicted octanol–water partition coefficient (Wildman–Crippen LogP) is 2.46. The van der Waals surface area contributed by atoms with Gasteiger partial charge in [-0.05, 0) is 29.8 Å². The van der Waals surface area contributed by atoms with Crippen molar-refractivity contribution >= 4 is 11.6 Å². The third-order valence-corrected chi connectivity index (χ3v) is 2.55. The molecule has 0 aromatic heterocycles. The molecule has 0 bridgehead atoms. The summed E-state index contributed by atoms with van der Waals surface area (Å²) in [5.41, 5.74) is 7.08. The Morgan fingerprint density at radius 2 is 1.67 bits per heavy atom. The van der Waals surface area contributed by atoms with Gasteiger partial charge in [-0.25, -0.2) is 4.39 Å². The van der Waals surface area contributed by atoms with Crippen molar-refractivity contribution in [2.24, 2.45) is 5.73 Å². The zero-order valence-corrected chi connectivity index (χ0v) is 9.64. The molecule has 3 N–H and O–H groups in total. The third-order valence-electron chi connectivity index (χ3n) is 2.55. The average Bonchev–Trinajstić information content (AvgIpc) is 2.41. The van der Waals surface area contributed by atoms with Crippen LogP contribution < -0.4 is 11.1 Å².